The SMILES string of the molecule is CCN(CCOC)c1ccc(CCN)cc1Br. The maximum atomic E-state index is 5.56. The number of rotatable bonds is 7. The molecule has 0 atom stereocenters. The van der Waals surface area contributed by atoms with Crippen LogP contribution in [0.3, 0.4) is 0 Å². The summed E-state index contributed by atoms with van der Waals surface area (Å²) < 4.78 is 6.25. The Morgan fingerprint density at radius 3 is 2.71 bits per heavy atom. The van der Waals surface area contributed by atoms with Gasteiger partial charge in [-0.1, -0.05) is 6.07 Å². The van der Waals surface area contributed by atoms with Crippen LogP contribution in [0.4, 0.5) is 5.69 Å². The maximum absolute atomic E-state index is 5.56. The largest absolute Gasteiger partial charge is 0.383 e. The van der Waals surface area contributed by atoms with E-state index in [2.05, 4.69) is 46.0 Å². The molecule has 0 saturated carbocycles. The van der Waals surface area contributed by atoms with Gasteiger partial charge in [0.2, 0.25) is 0 Å². The summed E-state index contributed by atoms with van der Waals surface area (Å²) in [4.78, 5) is 2.29. The van der Waals surface area contributed by atoms with Crippen LogP contribution in [0.1, 0.15) is 12.5 Å². The first kappa shape index (κ1) is 14.5. The lowest BCUT2D eigenvalue weighted by atomic mass is 10.1. The highest BCUT2D eigenvalue weighted by molar-refractivity contribution is 9.10. The molecule has 1 aromatic carbocycles. The summed E-state index contributed by atoms with van der Waals surface area (Å²) in [6.45, 7) is 5.45. The number of ether oxygens (including phenoxy) is 1. The van der Waals surface area contributed by atoms with Crippen LogP contribution in [0.5, 0.6) is 0 Å². The fourth-order valence-electron chi connectivity index (χ4n) is 1.78. The predicted molar refractivity (Wildman–Crippen MR) is 76.7 cm³/mol. The van der Waals surface area contributed by atoms with Crippen LogP contribution in [-0.4, -0.2) is 33.4 Å². The summed E-state index contributed by atoms with van der Waals surface area (Å²) >= 11 is 3.63. The van der Waals surface area contributed by atoms with E-state index in [-0.39, 0.29) is 0 Å². The number of nitrogens with zero attached hydrogens (tertiary/aromatic N) is 1. The van der Waals surface area contributed by atoms with Crippen molar-refractivity contribution in [1.82, 2.24) is 0 Å². The van der Waals surface area contributed by atoms with E-state index < -0.39 is 0 Å². The molecule has 1 rings (SSSR count). The molecule has 0 radical (unpaired) electrons. The zero-order valence-electron chi connectivity index (χ0n) is 10.6. The van der Waals surface area contributed by atoms with E-state index in [1.807, 2.05) is 0 Å². The lowest BCUT2D eigenvalue weighted by molar-refractivity contribution is 0.205. The topological polar surface area (TPSA) is 38.5 Å². The molecule has 0 bridgehead atoms. The molecule has 0 unspecified atom stereocenters. The zero-order valence-corrected chi connectivity index (χ0v) is 12.2. The van der Waals surface area contributed by atoms with Gasteiger partial charge in [0.05, 0.1) is 12.3 Å². The van der Waals surface area contributed by atoms with E-state index >= 15 is 0 Å². The van der Waals surface area contributed by atoms with Gasteiger partial charge in [0, 0.05) is 24.7 Å². The van der Waals surface area contributed by atoms with Gasteiger partial charge in [-0.2, -0.15) is 0 Å². The number of hydrogen-bond donors (Lipinski definition) is 1. The Bertz CT molecular complexity index is 344. The molecule has 0 heterocycles. The second-order valence-corrected chi connectivity index (χ2v) is 4.75. The first-order valence-electron chi connectivity index (χ1n) is 5.95. The molecule has 0 saturated heterocycles. The fourth-order valence-corrected chi connectivity index (χ4v) is 2.46. The number of anilines is 1. The van der Waals surface area contributed by atoms with Crippen molar-refractivity contribution in [3.63, 3.8) is 0 Å². The quantitative estimate of drug-likeness (QED) is 0.840. The number of methoxy groups -OCH3 is 1. The zero-order chi connectivity index (χ0) is 12.7. The van der Waals surface area contributed by atoms with E-state index in [1.54, 1.807) is 7.11 Å². The standard InChI is InChI=1S/C13H21BrN2O/c1-3-16(8-9-17-2)13-5-4-11(6-7-15)10-12(13)14/h4-5,10H,3,6-9,15H2,1-2H3. The molecule has 0 amide bonds. The summed E-state index contributed by atoms with van der Waals surface area (Å²) in [6.07, 6.45) is 0.920. The van der Waals surface area contributed by atoms with Gasteiger partial charge in [-0.25, -0.2) is 0 Å². The van der Waals surface area contributed by atoms with Crippen LogP contribution in [0, 0.1) is 0 Å². The average molecular weight is 301 g/mol. The third-order valence-corrected chi connectivity index (χ3v) is 3.37. The molecule has 0 aliphatic heterocycles. The summed E-state index contributed by atoms with van der Waals surface area (Å²) in [5.41, 5.74) is 8.04. The number of benzene rings is 1. The summed E-state index contributed by atoms with van der Waals surface area (Å²) in [6, 6.07) is 6.44. The third kappa shape index (κ3) is 4.30. The number of nitrogens with two attached hydrogens (primary N) is 1. The molecule has 0 fully saturated rings. The van der Waals surface area contributed by atoms with Crippen LogP contribution >= 0.6 is 15.9 Å². The van der Waals surface area contributed by atoms with Crippen molar-refractivity contribution < 1.29 is 4.74 Å². The van der Waals surface area contributed by atoms with Crippen molar-refractivity contribution >= 4 is 21.6 Å². The summed E-state index contributed by atoms with van der Waals surface area (Å²) in [7, 11) is 1.73. The van der Waals surface area contributed by atoms with Crippen molar-refractivity contribution in [3.8, 4) is 0 Å². The van der Waals surface area contributed by atoms with Gasteiger partial charge in [-0.15, -0.1) is 0 Å². The molecule has 0 aliphatic rings. The molecule has 96 valence electrons. The van der Waals surface area contributed by atoms with Gasteiger partial charge >= 0.3 is 0 Å². The molecule has 1 aromatic rings. The Balaban J connectivity index is 2.81. The van der Waals surface area contributed by atoms with E-state index in [1.165, 1.54) is 11.3 Å². The molecular formula is C13H21BrN2O. The van der Waals surface area contributed by atoms with Crippen LogP contribution < -0.4 is 10.6 Å². The van der Waals surface area contributed by atoms with Gasteiger partial charge in [0.15, 0.2) is 0 Å². The van der Waals surface area contributed by atoms with Crippen LogP contribution in [0.2, 0.25) is 0 Å². The van der Waals surface area contributed by atoms with Crippen LogP contribution in [0.25, 0.3) is 0 Å². The monoisotopic (exact) mass is 300 g/mol. The Labute approximate surface area is 112 Å². The molecular weight excluding hydrogens is 280 g/mol. The normalized spacial score (nSPS) is 10.6. The first-order valence-corrected chi connectivity index (χ1v) is 6.74. The minimum absolute atomic E-state index is 0.687. The number of halogens is 1. The molecule has 4 heteroatoms. The summed E-state index contributed by atoms with van der Waals surface area (Å²) in [5, 5.41) is 0. The Hall–Kier alpha value is -0.580. The number of likely N-dealkylation sites (N-methyl/N-ethyl adjacent to an activating group) is 1. The molecule has 0 aliphatic carbocycles. The van der Waals surface area contributed by atoms with Crippen molar-refractivity contribution in [2.45, 2.75) is 13.3 Å². The Morgan fingerprint density at radius 1 is 1.41 bits per heavy atom. The lowest BCUT2D eigenvalue weighted by Gasteiger charge is -2.24. The van der Waals surface area contributed by atoms with E-state index in [0.29, 0.717) is 6.54 Å². The molecule has 2 N–H and O–H groups in total. The van der Waals surface area contributed by atoms with E-state index in [9.17, 15) is 0 Å². The third-order valence-electron chi connectivity index (χ3n) is 2.73. The Morgan fingerprint density at radius 2 is 2.18 bits per heavy atom. The van der Waals surface area contributed by atoms with Gasteiger partial charge in [0.1, 0.15) is 0 Å². The van der Waals surface area contributed by atoms with Crippen LogP contribution in [-0.2, 0) is 11.2 Å². The number of hydrogen-bond acceptors (Lipinski definition) is 3. The van der Waals surface area contributed by atoms with Crippen molar-refractivity contribution in [2.75, 3.05) is 38.3 Å². The molecule has 0 spiro atoms. The van der Waals surface area contributed by atoms with Gasteiger partial charge in [0.25, 0.3) is 0 Å². The highest BCUT2D eigenvalue weighted by atomic mass is 79.9. The minimum Gasteiger partial charge on any atom is -0.383 e. The van der Waals surface area contributed by atoms with E-state index in [4.69, 9.17) is 10.5 Å². The molecule has 0 aromatic heterocycles. The second-order valence-electron chi connectivity index (χ2n) is 3.90. The highest BCUT2D eigenvalue weighted by Gasteiger charge is 2.08. The smallest absolute Gasteiger partial charge is 0.0637 e. The summed E-state index contributed by atoms with van der Waals surface area (Å²) in [5.74, 6) is 0. The van der Waals surface area contributed by atoms with Crippen molar-refractivity contribution in [3.05, 3.63) is 28.2 Å². The fraction of sp³-hybridized carbons (Fsp3) is 0.538. The van der Waals surface area contributed by atoms with Gasteiger partial charge in [-0.3, -0.25) is 0 Å². The van der Waals surface area contributed by atoms with Gasteiger partial charge in [-0.05, 0) is 53.5 Å². The predicted octanol–water partition coefficient (Wildman–Crippen LogP) is 2.42. The van der Waals surface area contributed by atoms with Crippen molar-refractivity contribution in [2.24, 2.45) is 5.73 Å². The minimum atomic E-state index is 0.687. The second kappa shape index (κ2) is 7.69. The maximum Gasteiger partial charge on any atom is 0.0637 e. The van der Waals surface area contributed by atoms with Crippen molar-refractivity contribution in [1.29, 1.82) is 0 Å². The van der Waals surface area contributed by atoms with Gasteiger partial charge < -0.3 is 15.4 Å². The lowest BCUT2D eigenvalue weighted by Crippen LogP contribution is -2.27. The average Bonchev–Trinajstić information content (AvgIpc) is 2.32. The Kier molecular flexibility index (Phi) is 6.55. The first-order chi connectivity index (χ1) is 8.22. The molecule has 3 nitrogen and oxygen atoms in total. The van der Waals surface area contributed by atoms with Crippen LogP contribution in [0.15, 0.2) is 22.7 Å². The molecule has 17 heavy (non-hydrogen) atoms. The highest BCUT2D eigenvalue weighted by Crippen LogP contribution is 2.27. The van der Waals surface area contributed by atoms with E-state index in [0.717, 1.165) is 30.6 Å².